The van der Waals surface area contributed by atoms with Gasteiger partial charge in [0.2, 0.25) is 5.91 Å². The van der Waals surface area contributed by atoms with Gasteiger partial charge in [-0.2, -0.15) is 10.2 Å². The predicted octanol–water partition coefficient (Wildman–Crippen LogP) is 1.18. The number of rotatable bonds is 5. The molecule has 0 bridgehead atoms. The van der Waals surface area contributed by atoms with Gasteiger partial charge in [-0.05, 0) is 32.3 Å². The van der Waals surface area contributed by atoms with Crippen LogP contribution in [-0.4, -0.2) is 48.9 Å². The molecule has 0 radical (unpaired) electrons. The summed E-state index contributed by atoms with van der Waals surface area (Å²) in [6.07, 6.45) is 5.94. The van der Waals surface area contributed by atoms with E-state index in [1.54, 1.807) is 10.9 Å². The lowest BCUT2D eigenvalue weighted by atomic mass is 10.2. The molecular formula is C19H26N6O2. The maximum absolute atomic E-state index is 12.9. The lowest BCUT2D eigenvalue weighted by Crippen LogP contribution is -2.31. The largest absolute Gasteiger partial charge is 0.353 e. The van der Waals surface area contributed by atoms with Crippen LogP contribution < -0.4 is 5.32 Å². The minimum atomic E-state index is 0.0145. The Labute approximate surface area is 158 Å². The van der Waals surface area contributed by atoms with Gasteiger partial charge >= 0.3 is 0 Å². The molecule has 1 aliphatic carbocycles. The molecule has 2 amide bonds. The Bertz CT molecular complexity index is 864. The van der Waals surface area contributed by atoms with Crippen LogP contribution in [0.4, 0.5) is 0 Å². The monoisotopic (exact) mass is 370 g/mol. The van der Waals surface area contributed by atoms with E-state index in [4.69, 9.17) is 0 Å². The van der Waals surface area contributed by atoms with Crippen LogP contribution in [0.15, 0.2) is 12.3 Å². The van der Waals surface area contributed by atoms with Crippen LogP contribution in [0.3, 0.4) is 0 Å². The van der Waals surface area contributed by atoms with Gasteiger partial charge in [0.1, 0.15) is 0 Å². The maximum Gasteiger partial charge on any atom is 0.257 e. The van der Waals surface area contributed by atoms with Crippen LogP contribution in [0.1, 0.15) is 53.1 Å². The molecule has 3 heterocycles. The van der Waals surface area contributed by atoms with E-state index in [9.17, 15) is 9.59 Å². The van der Waals surface area contributed by atoms with Gasteiger partial charge in [0.25, 0.3) is 5.91 Å². The van der Waals surface area contributed by atoms with Crippen molar-refractivity contribution in [2.75, 3.05) is 6.54 Å². The molecular weight excluding hydrogens is 344 g/mol. The summed E-state index contributed by atoms with van der Waals surface area (Å²) in [4.78, 5) is 26.7. The van der Waals surface area contributed by atoms with Crippen LogP contribution in [0.5, 0.6) is 0 Å². The van der Waals surface area contributed by atoms with Gasteiger partial charge in [-0.1, -0.05) is 0 Å². The summed E-state index contributed by atoms with van der Waals surface area (Å²) in [7, 11) is 1.83. The number of fused-ring (bicyclic) bond motifs is 1. The lowest BCUT2D eigenvalue weighted by molar-refractivity contribution is -0.121. The van der Waals surface area contributed by atoms with Crippen LogP contribution in [0.2, 0.25) is 0 Å². The number of aryl methyl sites for hydroxylation is 4. The Morgan fingerprint density at radius 2 is 2.07 bits per heavy atom. The molecule has 2 aliphatic rings. The Kier molecular flexibility index (Phi) is 4.72. The van der Waals surface area contributed by atoms with Gasteiger partial charge in [-0.15, -0.1) is 0 Å². The minimum absolute atomic E-state index is 0.0145. The Morgan fingerprint density at radius 3 is 2.78 bits per heavy atom. The second-order valence-electron chi connectivity index (χ2n) is 7.57. The molecule has 0 atom stereocenters. The van der Waals surface area contributed by atoms with Gasteiger partial charge < -0.3 is 10.2 Å². The smallest absolute Gasteiger partial charge is 0.257 e. The molecule has 1 saturated carbocycles. The number of nitrogens with one attached hydrogen (secondary N) is 1. The van der Waals surface area contributed by atoms with E-state index in [0.29, 0.717) is 37.5 Å². The summed E-state index contributed by atoms with van der Waals surface area (Å²) >= 11 is 0. The zero-order valence-corrected chi connectivity index (χ0v) is 15.9. The van der Waals surface area contributed by atoms with Crippen LogP contribution in [0, 0.1) is 6.92 Å². The average molecular weight is 370 g/mol. The Morgan fingerprint density at radius 1 is 1.26 bits per heavy atom. The molecule has 1 N–H and O–H groups in total. The standard InChI is InChI=1S/C19H26N6O2/c1-13-17(12-23(2)21-13)19(27)24-8-3-9-25-16(11-24)10-15(22-25)6-7-18(26)20-14-4-5-14/h10,12,14H,3-9,11H2,1-2H3,(H,20,26). The van der Waals surface area contributed by atoms with Crippen LogP contribution in [-0.2, 0) is 31.4 Å². The molecule has 4 rings (SSSR count). The van der Waals surface area contributed by atoms with Crippen molar-refractivity contribution >= 4 is 11.8 Å². The number of aromatic nitrogens is 4. The highest BCUT2D eigenvalue weighted by Gasteiger charge is 2.25. The molecule has 144 valence electrons. The third kappa shape index (κ3) is 4.04. The lowest BCUT2D eigenvalue weighted by Gasteiger charge is -2.19. The average Bonchev–Trinajstić information content (AvgIpc) is 3.31. The molecule has 2 aromatic rings. The summed E-state index contributed by atoms with van der Waals surface area (Å²) in [6.45, 7) is 3.89. The minimum Gasteiger partial charge on any atom is -0.353 e. The number of carbonyl (C=O) groups is 2. The molecule has 8 heteroatoms. The Hall–Kier alpha value is -2.64. The summed E-state index contributed by atoms with van der Waals surface area (Å²) < 4.78 is 3.66. The Balaban J connectivity index is 1.42. The third-order valence-electron chi connectivity index (χ3n) is 5.15. The van der Waals surface area contributed by atoms with Gasteiger partial charge in [0.15, 0.2) is 0 Å². The van der Waals surface area contributed by atoms with E-state index >= 15 is 0 Å². The first-order valence-electron chi connectivity index (χ1n) is 9.64. The molecule has 27 heavy (non-hydrogen) atoms. The summed E-state index contributed by atoms with van der Waals surface area (Å²) in [5.41, 5.74) is 3.35. The van der Waals surface area contributed by atoms with E-state index < -0.39 is 0 Å². The highest BCUT2D eigenvalue weighted by molar-refractivity contribution is 5.95. The second kappa shape index (κ2) is 7.17. The fourth-order valence-electron chi connectivity index (χ4n) is 3.57. The van der Waals surface area contributed by atoms with Gasteiger partial charge in [0.05, 0.1) is 29.2 Å². The highest BCUT2D eigenvalue weighted by atomic mass is 16.2. The molecule has 1 aliphatic heterocycles. The van der Waals surface area contributed by atoms with Gasteiger partial charge in [-0.25, -0.2) is 0 Å². The number of nitrogens with zero attached hydrogens (tertiary/aromatic N) is 5. The van der Waals surface area contributed by atoms with Gasteiger partial charge in [-0.3, -0.25) is 19.0 Å². The molecule has 0 unspecified atom stereocenters. The van der Waals surface area contributed by atoms with E-state index in [-0.39, 0.29) is 11.8 Å². The van der Waals surface area contributed by atoms with Crippen molar-refractivity contribution in [1.29, 1.82) is 0 Å². The van der Waals surface area contributed by atoms with Crippen molar-refractivity contribution in [3.05, 3.63) is 34.9 Å². The predicted molar refractivity (Wildman–Crippen MR) is 99.0 cm³/mol. The van der Waals surface area contributed by atoms with Crippen molar-refractivity contribution in [2.45, 2.75) is 58.2 Å². The number of hydrogen-bond acceptors (Lipinski definition) is 4. The normalized spacial score (nSPS) is 16.7. The van der Waals surface area contributed by atoms with E-state index in [2.05, 4.69) is 15.5 Å². The first-order valence-corrected chi connectivity index (χ1v) is 9.64. The number of hydrogen-bond donors (Lipinski definition) is 1. The molecule has 0 spiro atoms. The molecule has 0 saturated heterocycles. The van der Waals surface area contributed by atoms with Crippen LogP contribution in [0.25, 0.3) is 0 Å². The maximum atomic E-state index is 12.9. The number of amides is 2. The van der Waals surface area contributed by atoms with Crippen molar-refractivity contribution in [3.8, 4) is 0 Å². The number of carbonyl (C=O) groups excluding carboxylic acids is 2. The van der Waals surface area contributed by atoms with Crippen LogP contribution >= 0.6 is 0 Å². The first kappa shape index (κ1) is 17.8. The van der Waals surface area contributed by atoms with Gasteiger partial charge in [0, 0.05) is 45.2 Å². The summed E-state index contributed by atoms with van der Waals surface area (Å²) in [5.74, 6) is 0.116. The zero-order chi connectivity index (χ0) is 19.0. The molecule has 0 aromatic carbocycles. The molecule has 8 nitrogen and oxygen atoms in total. The quantitative estimate of drug-likeness (QED) is 0.857. The highest BCUT2D eigenvalue weighted by Crippen LogP contribution is 2.20. The van der Waals surface area contributed by atoms with Crippen molar-refractivity contribution in [1.82, 2.24) is 29.8 Å². The molecule has 2 aromatic heterocycles. The third-order valence-corrected chi connectivity index (χ3v) is 5.15. The van der Waals surface area contributed by atoms with E-state index in [1.165, 1.54) is 0 Å². The van der Waals surface area contributed by atoms with Crippen molar-refractivity contribution < 1.29 is 9.59 Å². The van der Waals surface area contributed by atoms with Crippen molar-refractivity contribution in [3.63, 3.8) is 0 Å². The SMILES string of the molecule is Cc1nn(C)cc1C(=O)N1CCCn2nc(CCC(=O)NC3CC3)cc2C1. The molecule has 1 fully saturated rings. The summed E-state index contributed by atoms with van der Waals surface area (Å²) in [5, 5.41) is 11.9. The zero-order valence-electron chi connectivity index (χ0n) is 15.9. The second-order valence-corrected chi connectivity index (χ2v) is 7.57. The fourth-order valence-corrected chi connectivity index (χ4v) is 3.57. The topological polar surface area (TPSA) is 85.1 Å². The van der Waals surface area contributed by atoms with E-state index in [1.807, 2.05) is 29.6 Å². The van der Waals surface area contributed by atoms with E-state index in [0.717, 1.165) is 42.9 Å². The summed E-state index contributed by atoms with van der Waals surface area (Å²) in [6, 6.07) is 2.43. The van der Waals surface area contributed by atoms with Crippen molar-refractivity contribution in [2.24, 2.45) is 7.05 Å². The fraction of sp³-hybridized carbons (Fsp3) is 0.579. The first-order chi connectivity index (χ1) is 13.0.